The number of aryl methyl sites for hydroxylation is 2. The van der Waals surface area contributed by atoms with Gasteiger partial charge in [-0.2, -0.15) is 13.2 Å². The fourth-order valence-electron chi connectivity index (χ4n) is 3.97. The third-order valence-electron chi connectivity index (χ3n) is 6.09. The number of ether oxygens (including phenoxy) is 1. The highest BCUT2D eigenvalue weighted by molar-refractivity contribution is 7.99. The summed E-state index contributed by atoms with van der Waals surface area (Å²) in [6.45, 7) is 5.22. The van der Waals surface area contributed by atoms with E-state index in [0.29, 0.717) is 19.5 Å². The Morgan fingerprint density at radius 3 is 2.35 bits per heavy atom. The molecule has 3 aromatic carbocycles. The molecule has 0 aliphatic carbocycles. The third-order valence-corrected chi connectivity index (χ3v) is 8.93. The number of anilines is 1. The molecule has 0 bridgehead atoms. The van der Waals surface area contributed by atoms with Gasteiger partial charge in [0.25, 0.3) is 10.0 Å². The Hall–Kier alpha value is -2.40. The van der Waals surface area contributed by atoms with Crippen LogP contribution in [0.15, 0.2) is 69.3 Å². The van der Waals surface area contributed by atoms with Crippen molar-refractivity contribution >= 4 is 39.1 Å². The summed E-state index contributed by atoms with van der Waals surface area (Å²) >= 11 is 7.78. The van der Waals surface area contributed by atoms with Crippen molar-refractivity contribution in [1.29, 1.82) is 0 Å². The lowest BCUT2D eigenvalue weighted by Gasteiger charge is -2.19. The van der Waals surface area contributed by atoms with Crippen LogP contribution in [-0.2, 0) is 16.2 Å². The van der Waals surface area contributed by atoms with Crippen LogP contribution in [0.25, 0.3) is 0 Å². The first-order valence-corrected chi connectivity index (χ1v) is 14.1. The molecule has 4 rings (SSSR count). The van der Waals surface area contributed by atoms with Gasteiger partial charge in [0.2, 0.25) is 0 Å². The number of rotatable bonds is 7. The molecular formula is C26H26ClF3N2O3S2. The van der Waals surface area contributed by atoms with Gasteiger partial charge in [0.1, 0.15) is 16.7 Å². The number of hydrogen-bond donors (Lipinski definition) is 1. The fourth-order valence-corrected chi connectivity index (χ4v) is 6.59. The zero-order valence-corrected chi connectivity index (χ0v) is 22.8. The summed E-state index contributed by atoms with van der Waals surface area (Å²) in [4.78, 5) is 3.50. The summed E-state index contributed by atoms with van der Waals surface area (Å²) in [5.41, 5.74) is 1.29. The number of likely N-dealkylation sites (N-methyl/N-ethyl adjacent to an activating group) is 1. The molecule has 0 amide bonds. The molecule has 0 unspecified atom stereocenters. The minimum atomic E-state index is -4.65. The average Bonchev–Trinajstić information content (AvgIpc) is 3.19. The number of nitrogens with zero attached hydrogens (tertiary/aromatic N) is 1. The molecule has 0 aromatic heterocycles. The van der Waals surface area contributed by atoms with Crippen LogP contribution in [0.4, 0.5) is 18.9 Å². The Morgan fingerprint density at radius 1 is 1.03 bits per heavy atom. The molecule has 0 radical (unpaired) electrons. The number of alkyl halides is 3. The minimum Gasteiger partial charge on any atom is -0.488 e. The van der Waals surface area contributed by atoms with Gasteiger partial charge in [-0.1, -0.05) is 29.4 Å². The first-order valence-electron chi connectivity index (χ1n) is 11.5. The number of likely N-dealkylation sites (tertiary alicyclic amines) is 1. The highest BCUT2D eigenvalue weighted by atomic mass is 35.5. The topological polar surface area (TPSA) is 58.6 Å². The molecular weight excluding hydrogens is 545 g/mol. The minimum absolute atomic E-state index is 0.00119. The highest BCUT2D eigenvalue weighted by Crippen LogP contribution is 2.39. The molecule has 0 spiro atoms. The maximum Gasteiger partial charge on any atom is 0.419 e. The van der Waals surface area contributed by atoms with Gasteiger partial charge in [0, 0.05) is 28.9 Å². The summed E-state index contributed by atoms with van der Waals surface area (Å²) in [5, 5.41) is -0.00119. The molecule has 1 N–H and O–H groups in total. The van der Waals surface area contributed by atoms with Crippen molar-refractivity contribution in [3.8, 4) is 5.75 Å². The van der Waals surface area contributed by atoms with Crippen molar-refractivity contribution in [3.63, 3.8) is 0 Å². The van der Waals surface area contributed by atoms with Crippen LogP contribution in [0.3, 0.4) is 0 Å². The predicted molar refractivity (Wildman–Crippen MR) is 140 cm³/mol. The summed E-state index contributed by atoms with van der Waals surface area (Å²) in [6, 6.07) is 13.5. The van der Waals surface area contributed by atoms with E-state index in [1.54, 1.807) is 12.1 Å². The van der Waals surface area contributed by atoms with Gasteiger partial charge < -0.3 is 9.64 Å². The molecule has 1 atom stereocenters. The number of sulfonamides is 1. The summed E-state index contributed by atoms with van der Waals surface area (Å²) in [7, 11) is -2.33. The van der Waals surface area contributed by atoms with Gasteiger partial charge in [-0.3, -0.25) is 4.72 Å². The van der Waals surface area contributed by atoms with E-state index in [1.165, 1.54) is 23.4 Å². The first kappa shape index (κ1) is 27.6. The molecule has 0 saturated carbocycles. The molecule has 1 aliphatic heterocycles. The fraction of sp³-hybridized carbons (Fsp3) is 0.308. The molecule has 1 saturated heterocycles. The Labute approximate surface area is 224 Å². The monoisotopic (exact) mass is 570 g/mol. The van der Waals surface area contributed by atoms with Crippen LogP contribution >= 0.6 is 23.4 Å². The third kappa shape index (κ3) is 6.73. The number of nitrogens with one attached hydrogen (secondary N) is 1. The van der Waals surface area contributed by atoms with Crippen LogP contribution < -0.4 is 9.46 Å². The Morgan fingerprint density at radius 2 is 1.73 bits per heavy atom. The second-order valence-electron chi connectivity index (χ2n) is 9.05. The lowest BCUT2D eigenvalue weighted by atomic mass is 10.1. The van der Waals surface area contributed by atoms with Gasteiger partial charge in [-0.15, -0.1) is 0 Å². The zero-order chi connectivity index (χ0) is 27.0. The highest BCUT2D eigenvalue weighted by Gasteiger charge is 2.36. The van der Waals surface area contributed by atoms with Gasteiger partial charge in [0.05, 0.1) is 16.3 Å². The smallest absolute Gasteiger partial charge is 0.419 e. The van der Waals surface area contributed by atoms with E-state index in [-0.39, 0.29) is 15.6 Å². The van der Waals surface area contributed by atoms with Crippen molar-refractivity contribution in [2.45, 2.75) is 47.2 Å². The lowest BCUT2D eigenvalue weighted by Crippen LogP contribution is -2.23. The van der Waals surface area contributed by atoms with Crippen LogP contribution in [0.1, 0.15) is 23.1 Å². The summed E-state index contributed by atoms with van der Waals surface area (Å²) < 4.78 is 74.9. The Balaban J connectivity index is 1.56. The predicted octanol–water partition coefficient (Wildman–Crippen LogP) is 7.01. The maximum atomic E-state index is 13.6. The van der Waals surface area contributed by atoms with Crippen molar-refractivity contribution < 1.29 is 26.3 Å². The van der Waals surface area contributed by atoms with Crippen LogP contribution in [0, 0.1) is 13.8 Å². The average molecular weight is 571 g/mol. The molecule has 1 fully saturated rings. The second-order valence-corrected chi connectivity index (χ2v) is 12.3. The number of benzene rings is 3. The van der Waals surface area contributed by atoms with Crippen LogP contribution in [0.2, 0.25) is 5.02 Å². The van der Waals surface area contributed by atoms with Crippen LogP contribution in [0.5, 0.6) is 5.75 Å². The maximum absolute atomic E-state index is 13.6. The lowest BCUT2D eigenvalue weighted by molar-refractivity contribution is -0.139. The van der Waals surface area contributed by atoms with Crippen molar-refractivity contribution in [3.05, 3.63) is 76.3 Å². The van der Waals surface area contributed by atoms with Crippen molar-refractivity contribution in [1.82, 2.24) is 4.90 Å². The van der Waals surface area contributed by atoms with Crippen LogP contribution in [-0.4, -0.2) is 39.6 Å². The van der Waals surface area contributed by atoms with Crippen molar-refractivity contribution in [2.24, 2.45) is 0 Å². The van der Waals surface area contributed by atoms with Gasteiger partial charge in [-0.05, 0) is 80.9 Å². The van der Waals surface area contributed by atoms with Gasteiger partial charge >= 0.3 is 6.18 Å². The molecule has 3 aromatic rings. The number of halogens is 4. The van der Waals surface area contributed by atoms with E-state index < -0.39 is 33.6 Å². The SMILES string of the molecule is Cc1ccc(Sc2ccc(S(=O)(=O)Nc3ccc(C(F)(F)F)c(O[C@@H]4CCN(C)C4)c3)c(Cl)c2)cc1C. The van der Waals surface area contributed by atoms with Gasteiger partial charge in [0.15, 0.2) is 0 Å². The quantitative estimate of drug-likeness (QED) is 0.331. The zero-order valence-electron chi connectivity index (χ0n) is 20.4. The van der Waals surface area contributed by atoms with E-state index in [0.717, 1.165) is 33.6 Å². The van der Waals surface area contributed by atoms with E-state index in [2.05, 4.69) is 4.72 Å². The Kier molecular flexibility index (Phi) is 8.04. The van der Waals surface area contributed by atoms with E-state index >= 15 is 0 Å². The normalized spacial score (nSPS) is 16.7. The Bertz CT molecular complexity index is 1410. The number of hydrogen-bond acceptors (Lipinski definition) is 5. The molecule has 37 heavy (non-hydrogen) atoms. The molecule has 11 heteroatoms. The van der Waals surface area contributed by atoms with E-state index in [1.807, 2.05) is 44.0 Å². The molecule has 5 nitrogen and oxygen atoms in total. The van der Waals surface area contributed by atoms with Crippen molar-refractivity contribution in [2.75, 3.05) is 24.9 Å². The van der Waals surface area contributed by atoms with Gasteiger partial charge in [-0.25, -0.2) is 8.42 Å². The summed E-state index contributed by atoms with van der Waals surface area (Å²) in [5.74, 6) is -0.417. The first-order chi connectivity index (χ1) is 17.3. The second kappa shape index (κ2) is 10.8. The van der Waals surface area contributed by atoms with E-state index in [4.69, 9.17) is 16.3 Å². The van der Waals surface area contributed by atoms with E-state index in [9.17, 15) is 21.6 Å². The molecule has 1 aliphatic rings. The molecule has 1 heterocycles. The largest absolute Gasteiger partial charge is 0.488 e. The standard InChI is InChI=1S/C26H26ClF3N2O3S2/c1-16-4-6-20(12-17(16)2)36-21-7-9-25(23(27)14-21)37(33,34)31-18-5-8-22(26(28,29)30)24(13-18)35-19-10-11-32(3)15-19/h4-9,12-14,19,31H,10-11,15H2,1-3H3/t19-/m1/s1. The summed E-state index contributed by atoms with van der Waals surface area (Å²) in [6.07, 6.45) is -4.50. The molecule has 198 valence electrons.